The van der Waals surface area contributed by atoms with Crippen molar-refractivity contribution in [2.75, 3.05) is 27.2 Å². The lowest BCUT2D eigenvalue weighted by Crippen LogP contribution is -2.32. The largest absolute Gasteiger partial charge is 0.465 e. The SMILES string of the molecule is CCOC(=O)CN/C(=C(\C)CC(C)CC(C)(F)F)N(C)C. The summed E-state index contributed by atoms with van der Waals surface area (Å²) in [5.41, 5.74) is 0.945. The Morgan fingerprint density at radius 1 is 1.38 bits per heavy atom. The molecule has 0 aliphatic heterocycles. The minimum absolute atomic E-state index is 0.0665. The highest BCUT2D eigenvalue weighted by molar-refractivity contribution is 5.71. The van der Waals surface area contributed by atoms with E-state index in [1.54, 1.807) is 13.8 Å². The van der Waals surface area contributed by atoms with Crippen molar-refractivity contribution in [3.8, 4) is 0 Å². The molecule has 0 saturated heterocycles. The number of nitrogens with zero attached hydrogens (tertiary/aromatic N) is 1. The first-order chi connectivity index (χ1) is 9.56. The van der Waals surface area contributed by atoms with Crippen LogP contribution in [0.3, 0.4) is 0 Å². The number of carbonyl (C=O) groups is 1. The zero-order valence-corrected chi connectivity index (χ0v) is 13.9. The van der Waals surface area contributed by atoms with E-state index in [1.165, 1.54) is 0 Å². The quantitative estimate of drug-likeness (QED) is 0.665. The van der Waals surface area contributed by atoms with Gasteiger partial charge < -0.3 is 15.0 Å². The fourth-order valence-electron chi connectivity index (χ4n) is 2.36. The average molecular weight is 306 g/mol. The van der Waals surface area contributed by atoms with Crippen LogP contribution in [0.5, 0.6) is 0 Å². The molecule has 0 amide bonds. The van der Waals surface area contributed by atoms with Gasteiger partial charge in [0.1, 0.15) is 12.4 Å². The van der Waals surface area contributed by atoms with Crippen molar-refractivity contribution in [1.29, 1.82) is 0 Å². The van der Waals surface area contributed by atoms with Crippen LogP contribution in [-0.4, -0.2) is 44.0 Å². The minimum atomic E-state index is -2.66. The van der Waals surface area contributed by atoms with Crippen LogP contribution >= 0.6 is 0 Å². The Kier molecular flexibility index (Phi) is 8.29. The Morgan fingerprint density at radius 2 is 1.95 bits per heavy atom. The summed E-state index contributed by atoms with van der Waals surface area (Å²) in [5.74, 6) is -2.35. The summed E-state index contributed by atoms with van der Waals surface area (Å²) in [6.45, 7) is 6.78. The molecule has 6 heteroatoms. The number of rotatable bonds is 9. The predicted molar refractivity (Wildman–Crippen MR) is 80.0 cm³/mol. The molecule has 0 heterocycles. The maximum atomic E-state index is 13.0. The van der Waals surface area contributed by atoms with E-state index in [4.69, 9.17) is 4.74 Å². The number of alkyl halides is 2. The predicted octanol–water partition coefficient (Wildman–Crippen LogP) is 3.00. The van der Waals surface area contributed by atoms with E-state index in [2.05, 4.69) is 5.32 Å². The standard InChI is InChI=1S/C15H28F2N2O2/c1-7-21-13(20)10-18-14(19(5)6)12(3)8-11(2)9-15(4,16)17/h11,18H,7-10H2,1-6H3/b14-12-. The van der Waals surface area contributed by atoms with Crippen LogP contribution in [0, 0.1) is 5.92 Å². The highest BCUT2D eigenvalue weighted by Gasteiger charge is 2.25. The molecule has 1 N–H and O–H groups in total. The van der Waals surface area contributed by atoms with Crippen LogP contribution < -0.4 is 5.32 Å². The van der Waals surface area contributed by atoms with Gasteiger partial charge in [0.05, 0.1) is 6.61 Å². The molecule has 0 bridgehead atoms. The summed E-state index contributed by atoms with van der Waals surface area (Å²) in [6.07, 6.45) is 0.399. The Bertz CT molecular complexity index is 363. The van der Waals surface area contributed by atoms with E-state index in [9.17, 15) is 13.6 Å². The molecule has 0 aromatic carbocycles. The fourth-order valence-corrected chi connectivity index (χ4v) is 2.36. The average Bonchev–Trinajstić information content (AvgIpc) is 2.25. The summed E-state index contributed by atoms with van der Waals surface area (Å²) >= 11 is 0. The molecule has 1 atom stereocenters. The van der Waals surface area contributed by atoms with Gasteiger partial charge in [0, 0.05) is 20.5 Å². The van der Waals surface area contributed by atoms with Crippen LogP contribution in [0.15, 0.2) is 11.4 Å². The van der Waals surface area contributed by atoms with Gasteiger partial charge in [-0.3, -0.25) is 4.79 Å². The second kappa shape index (κ2) is 8.85. The number of allylic oxidation sites excluding steroid dienone is 1. The maximum Gasteiger partial charge on any atom is 0.325 e. The van der Waals surface area contributed by atoms with E-state index in [0.29, 0.717) is 13.0 Å². The Morgan fingerprint density at radius 3 is 2.38 bits per heavy atom. The fraction of sp³-hybridized carbons (Fsp3) is 0.800. The molecular formula is C15H28F2N2O2. The van der Waals surface area contributed by atoms with Crippen LogP contribution in [0.1, 0.15) is 40.5 Å². The summed E-state index contributed by atoms with van der Waals surface area (Å²) in [4.78, 5) is 13.2. The van der Waals surface area contributed by atoms with Gasteiger partial charge in [-0.2, -0.15) is 0 Å². The lowest BCUT2D eigenvalue weighted by atomic mass is 9.96. The molecule has 1 unspecified atom stereocenters. The summed E-state index contributed by atoms with van der Waals surface area (Å²) < 4.78 is 30.9. The van der Waals surface area contributed by atoms with Gasteiger partial charge in [0.25, 0.3) is 0 Å². The van der Waals surface area contributed by atoms with Gasteiger partial charge in [-0.25, -0.2) is 8.78 Å². The third-order valence-corrected chi connectivity index (χ3v) is 2.92. The molecule has 0 aliphatic carbocycles. The van der Waals surface area contributed by atoms with Crippen LogP contribution in [0.2, 0.25) is 0 Å². The molecule has 4 nitrogen and oxygen atoms in total. The molecule has 0 spiro atoms. The van der Waals surface area contributed by atoms with Crippen LogP contribution in [0.4, 0.5) is 8.78 Å². The van der Waals surface area contributed by atoms with Crippen molar-refractivity contribution in [3.05, 3.63) is 11.4 Å². The van der Waals surface area contributed by atoms with Gasteiger partial charge in [-0.15, -0.1) is 0 Å². The zero-order chi connectivity index (χ0) is 16.6. The van der Waals surface area contributed by atoms with Gasteiger partial charge in [0.2, 0.25) is 5.92 Å². The number of carbonyl (C=O) groups excluding carboxylic acids is 1. The van der Waals surface area contributed by atoms with Gasteiger partial charge in [-0.05, 0) is 38.7 Å². The Balaban J connectivity index is 4.70. The summed E-state index contributed by atoms with van der Waals surface area (Å²) in [5, 5.41) is 3.02. The molecule has 0 radical (unpaired) electrons. The molecule has 0 aromatic rings. The van der Waals surface area contributed by atoms with Gasteiger partial charge >= 0.3 is 5.97 Å². The van der Waals surface area contributed by atoms with Crippen LogP contribution in [0.25, 0.3) is 0 Å². The van der Waals surface area contributed by atoms with E-state index < -0.39 is 5.92 Å². The van der Waals surface area contributed by atoms with E-state index in [-0.39, 0.29) is 24.9 Å². The normalized spacial score (nSPS) is 14.3. The van der Waals surface area contributed by atoms with Crippen molar-refractivity contribution in [2.45, 2.75) is 46.5 Å². The summed E-state index contributed by atoms with van der Waals surface area (Å²) in [6, 6.07) is 0. The molecule has 0 aliphatic rings. The number of halogens is 2. The molecule has 0 rings (SSSR count). The first kappa shape index (κ1) is 19.7. The van der Waals surface area contributed by atoms with Crippen molar-refractivity contribution in [1.82, 2.24) is 10.2 Å². The van der Waals surface area contributed by atoms with E-state index in [1.807, 2.05) is 25.9 Å². The molecule has 21 heavy (non-hydrogen) atoms. The Labute approximate surface area is 126 Å². The number of esters is 1. The van der Waals surface area contributed by atoms with E-state index in [0.717, 1.165) is 18.3 Å². The van der Waals surface area contributed by atoms with Crippen LogP contribution in [-0.2, 0) is 9.53 Å². The topological polar surface area (TPSA) is 41.6 Å². The lowest BCUT2D eigenvalue weighted by Gasteiger charge is -2.24. The van der Waals surface area contributed by atoms with Crippen molar-refractivity contribution < 1.29 is 18.3 Å². The van der Waals surface area contributed by atoms with Crippen molar-refractivity contribution in [3.63, 3.8) is 0 Å². The number of hydrogen-bond donors (Lipinski definition) is 1. The first-order valence-electron chi connectivity index (χ1n) is 7.21. The van der Waals surface area contributed by atoms with Gasteiger partial charge in [-0.1, -0.05) is 6.92 Å². The first-order valence-corrected chi connectivity index (χ1v) is 7.21. The summed E-state index contributed by atoms with van der Waals surface area (Å²) in [7, 11) is 3.69. The zero-order valence-electron chi connectivity index (χ0n) is 13.9. The molecule has 124 valence electrons. The number of nitrogens with one attached hydrogen (secondary N) is 1. The smallest absolute Gasteiger partial charge is 0.325 e. The Hall–Kier alpha value is -1.33. The van der Waals surface area contributed by atoms with Gasteiger partial charge in [0.15, 0.2) is 0 Å². The van der Waals surface area contributed by atoms with Crippen molar-refractivity contribution in [2.24, 2.45) is 5.92 Å². The molecule has 0 aromatic heterocycles. The van der Waals surface area contributed by atoms with E-state index >= 15 is 0 Å². The lowest BCUT2D eigenvalue weighted by molar-refractivity contribution is -0.141. The minimum Gasteiger partial charge on any atom is -0.465 e. The number of ether oxygens (including phenoxy) is 1. The second-order valence-corrected chi connectivity index (χ2v) is 5.77. The highest BCUT2D eigenvalue weighted by Crippen LogP contribution is 2.27. The van der Waals surface area contributed by atoms with Crippen molar-refractivity contribution >= 4 is 5.97 Å². The molecule has 0 fully saturated rings. The third-order valence-electron chi connectivity index (χ3n) is 2.92. The third kappa shape index (κ3) is 9.26. The second-order valence-electron chi connectivity index (χ2n) is 5.77. The molecular weight excluding hydrogens is 278 g/mol. The highest BCUT2D eigenvalue weighted by atomic mass is 19.3. The molecule has 0 saturated carbocycles. The number of hydrogen-bond acceptors (Lipinski definition) is 4. The monoisotopic (exact) mass is 306 g/mol. The maximum absolute atomic E-state index is 13.0.